The van der Waals surface area contributed by atoms with E-state index in [1.807, 2.05) is 48.5 Å². The fraction of sp³-hybridized carbons (Fsp3) is 0. The molecule has 0 saturated heterocycles. The average Bonchev–Trinajstić information content (AvgIpc) is 3.74. The smallest absolute Gasteiger partial charge is 0.227 e. The summed E-state index contributed by atoms with van der Waals surface area (Å²) < 4.78 is 12.9. The second-order valence-electron chi connectivity index (χ2n) is 12.0. The van der Waals surface area contributed by atoms with Crippen LogP contribution in [0.4, 0.5) is 17.1 Å². The minimum absolute atomic E-state index is 0.623. The Morgan fingerprint density at radius 3 is 2.06 bits per heavy atom. The molecule has 0 fully saturated rings. The van der Waals surface area contributed by atoms with Gasteiger partial charge in [0, 0.05) is 44.5 Å². The summed E-state index contributed by atoms with van der Waals surface area (Å²) in [5.41, 5.74) is 7.49. The normalized spacial score (nSPS) is 11.8. The number of fused-ring (bicyclic) bond motifs is 9. The van der Waals surface area contributed by atoms with Crippen molar-refractivity contribution in [2.24, 2.45) is 0 Å². The lowest BCUT2D eigenvalue weighted by atomic mass is 9.99. The summed E-state index contributed by atoms with van der Waals surface area (Å²) in [5.74, 6) is 0.623. The molecular weight excluding hydrogens is 576 g/mol. The predicted molar refractivity (Wildman–Crippen MR) is 194 cm³/mol. The van der Waals surface area contributed by atoms with Gasteiger partial charge in [-0.15, -0.1) is 0 Å². The maximum atomic E-state index is 6.54. The number of hydrogen-bond acceptors (Lipinski definition) is 4. The van der Waals surface area contributed by atoms with Crippen LogP contribution < -0.4 is 4.90 Å². The lowest BCUT2D eigenvalue weighted by Crippen LogP contribution is -2.10. The molecule has 2 aromatic heterocycles. The zero-order valence-electron chi connectivity index (χ0n) is 25.2. The Bertz CT molecular complexity index is 2810. The number of rotatable bonds is 4. The highest BCUT2D eigenvalue weighted by atomic mass is 16.3. The van der Waals surface area contributed by atoms with Crippen molar-refractivity contribution in [3.05, 3.63) is 158 Å². The molecule has 8 aromatic carbocycles. The van der Waals surface area contributed by atoms with Crippen LogP contribution in [0.15, 0.2) is 167 Å². The van der Waals surface area contributed by atoms with Gasteiger partial charge in [-0.1, -0.05) is 97.1 Å². The fourth-order valence-corrected chi connectivity index (χ4v) is 7.04. The molecule has 2 heterocycles. The third-order valence-electron chi connectivity index (χ3n) is 9.25. The van der Waals surface area contributed by atoms with Gasteiger partial charge in [0.1, 0.15) is 16.7 Å². The minimum Gasteiger partial charge on any atom is -0.456 e. The number of furan rings is 1. The Morgan fingerprint density at radius 2 is 1.13 bits per heavy atom. The SMILES string of the molecule is c1ccc(-c2nc3ccc4ccc5ccc(N(c6ccc7c(c6)oc6ccccc67)c6cccc7ccccc67)cc5c4c3o2)cc1. The van der Waals surface area contributed by atoms with E-state index < -0.39 is 0 Å². The van der Waals surface area contributed by atoms with E-state index in [2.05, 4.69) is 114 Å². The van der Waals surface area contributed by atoms with Crippen LogP contribution in [0, 0.1) is 0 Å². The predicted octanol–water partition coefficient (Wildman–Crippen LogP) is 12.3. The summed E-state index contributed by atoms with van der Waals surface area (Å²) in [4.78, 5) is 7.22. The largest absolute Gasteiger partial charge is 0.456 e. The molecule has 4 heteroatoms. The molecule has 0 atom stereocenters. The van der Waals surface area contributed by atoms with Crippen LogP contribution in [-0.2, 0) is 0 Å². The van der Waals surface area contributed by atoms with Crippen LogP contribution in [0.5, 0.6) is 0 Å². The number of anilines is 3. The molecule has 0 saturated carbocycles. The van der Waals surface area contributed by atoms with E-state index >= 15 is 0 Å². The summed E-state index contributed by atoms with van der Waals surface area (Å²) in [6.07, 6.45) is 0. The number of para-hydroxylation sites is 1. The lowest BCUT2D eigenvalue weighted by Gasteiger charge is -2.27. The standard InChI is InChI=1S/C43H26N2O2/c1-2-10-30(11-3-1)43-44-37-24-20-29-18-17-28-19-21-31(25-36(28)41(29)42(37)47-43)45(38-15-8-12-27-9-4-5-13-33(27)38)32-22-23-35-34-14-6-7-16-39(34)46-40(35)26-32/h1-26H. The number of aromatic nitrogens is 1. The van der Waals surface area contributed by atoms with Crippen LogP contribution in [0.1, 0.15) is 0 Å². The first-order valence-corrected chi connectivity index (χ1v) is 15.8. The van der Waals surface area contributed by atoms with Crippen molar-refractivity contribution < 1.29 is 8.83 Å². The Hall–Kier alpha value is -6.39. The molecule has 0 N–H and O–H groups in total. The molecule has 0 aliphatic carbocycles. The number of hydrogen-bond donors (Lipinski definition) is 0. The molecule has 10 aromatic rings. The Labute approximate surface area is 269 Å². The van der Waals surface area contributed by atoms with Gasteiger partial charge in [0.2, 0.25) is 5.89 Å². The van der Waals surface area contributed by atoms with Gasteiger partial charge in [0.15, 0.2) is 5.58 Å². The van der Waals surface area contributed by atoms with Gasteiger partial charge in [0.05, 0.1) is 5.69 Å². The zero-order chi connectivity index (χ0) is 30.9. The highest BCUT2D eigenvalue weighted by Gasteiger charge is 2.19. The Kier molecular flexibility index (Phi) is 5.54. The van der Waals surface area contributed by atoms with Crippen molar-refractivity contribution in [2.75, 3.05) is 4.90 Å². The maximum Gasteiger partial charge on any atom is 0.227 e. The quantitative estimate of drug-likeness (QED) is 0.188. The third-order valence-corrected chi connectivity index (χ3v) is 9.25. The monoisotopic (exact) mass is 602 g/mol. The molecule has 0 amide bonds. The molecule has 0 radical (unpaired) electrons. The van der Waals surface area contributed by atoms with Gasteiger partial charge in [-0.25, -0.2) is 4.98 Å². The van der Waals surface area contributed by atoms with Crippen LogP contribution in [-0.4, -0.2) is 4.98 Å². The van der Waals surface area contributed by atoms with Crippen LogP contribution >= 0.6 is 0 Å². The second-order valence-corrected chi connectivity index (χ2v) is 12.0. The first kappa shape index (κ1) is 25.9. The van der Waals surface area contributed by atoms with E-state index in [4.69, 9.17) is 13.8 Å². The van der Waals surface area contributed by atoms with Crippen LogP contribution in [0.2, 0.25) is 0 Å². The van der Waals surface area contributed by atoms with Crippen molar-refractivity contribution in [1.82, 2.24) is 4.98 Å². The van der Waals surface area contributed by atoms with Crippen molar-refractivity contribution in [2.45, 2.75) is 0 Å². The van der Waals surface area contributed by atoms with Gasteiger partial charge in [-0.05, 0) is 76.1 Å². The number of oxazole rings is 1. The summed E-state index contributed by atoms with van der Waals surface area (Å²) in [7, 11) is 0. The zero-order valence-corrected chi connectivity index (χ0v) is 25.2. The van der Waals surface area contributed by atoms with Crippen molar-refractivity contribution in [3.63, 3.8) is 0 Å². The Morgan fingerprint density at radius 1 is 0.447 bits per heavy atom. The molecule has 220 valence electrons. The van der Waals surface area contributed by atoms with Gasteiger partial charge in [-0.3, -0.25) is 0 Å². The first-order chi connectivity index (χ1) is 23.3. The molecule has 47 heavy (non-hydrogen) atoms. The third kappa shape index (κ3) is 4.05. The molecular formula is C43H26N2O2. The van der Waals surface area contributed by atoms with E-state index in [0.29, 0.717) is 5.89 Å². The average molecular weight is 603 g/mol. The highest BCUT2D eigenvalue weighted by Crippen LogP contribution is 2.43. The topological polar surface area (TPSA) is 42.4 Å². The lowest BCUT2D eigenvalue weighted by molar-refractivity contribution is 0.623. The van der Waals surface area contributed by atoms with E-state index in [0.717, 1.165) is 77.2 Å². The molecule has 0 unspecified atom stereocenters. The first-order valence-electron chi connectivity index (χ1n) is 15.8. The van der Waals surface area contributed by atoms with Gasteiger partial charge in [-0.2, -0.15) is 0 Å². The van der Waals surface area contributed by atoms with Crippen molar-refractivity contribution in [1.29, 1.82) is 0 Å². The second kappa shape index (κ2) is 10.1. The van der Waals surface area contributed by atoms with Crippen molar-refractivity contribution in [3.8, 4) is 11.5 Å². The molecule has 0 bridgehead atoms. The van der Waals surface area contributed by atoms with E-state index in [1.54, 1.807) is 0 Å². The van der Waals surface area contributed by atoms with E-state index in [9.17, 15) is 0 Å². The number of nitrogens with zero attached hydrogens (tertiary/aromatic N) is 2. The fourth-order valence-electron chi connectivity index (χ4n) is 7.04. The Balaban J connectivity index is 1.24. The van der Waals surface area contributed by atoms with Crippen LogP contribution in [0.25, 0.3) is 76.8 Å². The molecule has 10 rings (SSSR count). The van der Waals surface area contributed by atoms with Crippen LogP contribution in [0.3, 0.4) is 0 Å². The van der Waals surface area contributed by atoms with E-state index in [1.165, 1.54) is 10.8 Å². The van der Waals surface area contributed by atoms with Crippen molar-refractivity contribution >= 4 is 82.4 Å². The highest BCUT2D eigenvalue weighted by molar-refractivity contribution is 6.19. The number of benzene rings is 8. The molecule has 0 aliphatic heterocycles. The summed E-state index contributed by atoms with van der Waals surface area (Å²) in [6, 6.07) is 55.1. The van der Waals surface area contributed by atoms with Gasteiger partial charge < -0.3 is 13.7 Å². The summed E-state index contributed by atoms with van der Waals surface area (Å²) in [6.45, 7) is 0. The molecule has 0 aliphatic rings. The van der Waals surface area contributed by atoms with Gasteiger partial charge in [0.25, 0.3) is 0 Å². The molecule has 0 spiro atoms. The molecule has 4 nitrogen and oxygen atoms in total. The van der Waals surface area contributed by atoms with Gasteiger partial charge >= 0.3 is 0 Å². The maximum absolute atomic E-state index is 6.54. The van der Waals surface area contributed by atoms with E-state index in [-0.39, 0.29) is 0 Å². The summed E-state index contributed by atoms with van der Waals surface area (Å²) in [5, 5.41) is 8.99. The minimum atomic E-state index is 0.623. The summed E-state index contributed by atoms with van der Waals surface area (Å²) >= 11 is 0.